The van der Waals surface area contributed by atoms with E-state index < -0.39 is 24.1 Å². The highest BCUT2D eigenvalue weighted by Gasteiger charge is 2.40. The van der Waals surface area contributed by atoms with E-state index in [2.05, 4.69) is 10.6 Å². The number of benzene rings is 2. The molecule has 0 bridgehead atoms. The number of cyclic esters (lactones) is 1. The number of amides is 2. The molecule has 1 saturated heterocycles. The molecule has 2 amide bonds. The van der Waals surface area contributed by atoms with Crippen LogP contribution in [0, 0.1) is 0 Å². The molecule has 10 nitrogen and oxygen atoms in total. The second kappa shape index (κ2) is 9.80. The minimum Gasteiger partial charge on any atom is -0.467 e. The molecule has 0 radical (unpaired) electrons. The summed E-state index contributed by atoms with van der Waals surface area (Å²) in [7, 11) is 1.32. The molecule has 1 fully saturated rings. The van der Waals surface area contributed by atoms with Crippen molar-refractivity contribution in [1.82, 2.24) is 9.88 Å². The fourth-order valence-corrected chi connectivity index (χ4v) is 6.27. The molecule has 2 N–H and O–H groups in total. The van der Waals surface area contributed by atoms with Crippen molar-refractivity contribution in [3.8, 4) is 0 Å². The lowest BCUT2D eigenvalue weighted by molar-refractivity contribution is -0.145. The number of nitrogens with zero attached hydrogens (tertiary/aromatic N) is 2. The van der Waals surface area contributed by atoms with Gasteiger partial charge in [0.2, 0.25) is 5.91 Å². The standard InChI is InChI=1S/C27H26N4O6S/c1-36-26(34)25-23(18-6-2-4-15-7-10-22(33)31(25)24(15)18)28-11-3-5-17-13-30(27(35)37-17)16-8-9-20-19(12-16)29-21(32)14-38-20/h2,4,6-10,12,17,23,25,28H,3,5,11,13-14H2,1H3,(H,29,32)/t17-,23+,25+/m0/s1. The molecule has 4 heterocycles. The van der Waals surface area contributed by atoms with Crippen molar-refractivity contribution >= 4 is 52.0 Å². The average molecular weight is 535 g/mol. The molecule has 196 valence electrons. The Balaban J connectivity index is 1.10. The Morgan fingerprint density at radius 3 is 2.89 bits per heavy atom. The Morgan fingerprint density at radius 1 is 1.18 bits per heavy atom. The third-order valence-corrected chi connectivity index (χ3v) is 8.28. The van der Waals surface area contributed by atoms with E-state index in [1.165, 1.54) is 29.5 Å². The molecule has 2 aromatic carbocycles. The zero-order chi connectivity index (χ0) is 26.4. The topological polar surface area (TPSA) is 119 Å². The Labute approximate surface area is 222 Å². The number of esters is 1. The number of methoxy groups -OCH3 is 1. The summed E-state index contributed by atoms with van der Waals surface area (Å²) in [5.74, 6) is -0.156. The average Bonchev–Trinajstić information content (AvgIpc) is 3.46. The van der Waals surface area contributed by atoms with Gasteiger partial charge in [-0.3, -0.25) is 19.1 Å². The van der Waals surface area contributed by atoms with E-state index in [4.69, 9.17) is 9.47 Å². The number of hydrogen-bond acceptors (Lipinski definition) is 8. The van der Waals surface area contributed by atoms with Crippen LogP contribution in [-0.4, -0.2) is 54.6 Å². The van der Waals surface area contributed by atoms with Crippen LogP contribution in [0.3, 0.4) is 0 Å². The van der Waals surface area contributed by atoms with Gasteiger partial charge in [0.05, 0.1) is 36.7 Å². The molecule has 11 heteroatoms. The van der Waals surface area contributed by atoms with Crippen LogP contribution in [0.2, 0.25) is 0 Å². The van der Waals surface area contributed by atoms with Crippen LogP contribution >= 0.6 is 11.8 Å². The lowest BCUT2D eigenvalue weighted by Gasteiger charge is -2.21. The van der Waals surface area contributed by atoms with Gasteiger partial charge >= 0.3 is 12.1 Å². The van der Waals surface area contributed by atoms with Crippen LogP contribution in [-0.2, 0) is 19.1 Å². The van der Waals surface area contributed by atoms with Gasteiger partial charge in [0.1, 0.15) is 6.10 Å². The Morgan fingerprint density at radius 2 is 2.05 bits per heavy atom. The third kappa shape index (κ3) is 4.21. The smallest absolute Gasteiger partial charge is 0.414 e. The quantitative estimate of drug-likeness (QED) is 0.350. The maximum Gasteiger partial charge on any atom is 0.414 e. The zero-order valence-corrected chi connectivity index (χ0v) is 21.5. The van der Waals surface area contributed by atoms with Crippen molar-refractivity contribution in [2.75, 3.05) is 36.2 Å². The van der Waals surface area contributed by atoms with Crippen molar-refractivity contribution in [3.63, 3.8) is 0 Å². The number of carbonyl (C=O) groups excluding carboxylic acids is 3. The Kier molecular flexibility index (Phi) is 6.32. The van der Waals surface area contributed by atoms with Crippen LogP contribution in [0.1, 0.15) is 30.5 Å². The summed E-state index contributed by atoms with van der Waals surface area (Å²) >= 11 is 1.47. The summed E-state index contributed by atoms with van der Waals surface area (Å²) in [6.07, 6.45) is 0.613. The van der Waals surface area contributed by atoms with Gasteiger partial charge < -0.3 is 20.1 Å². The summed E-state index contributed by atoms with van der Waals surface area (Å²) in [4.78, 5) is 52.3. The summed E-state index contributed by atoms with van der Waals surface area (Å²) in [5.41, 5.74) is 2.76. The van der Waals surface area contributed by atoms with E-state index >= 15 is 0 Å². The number of carbonyl (C=O) groups is 3. The normalized spacial score (nSPS) is 21.8. The minimum atomic E-state index is -0.795. The monoisotopic (exact) mass is 534 g/mol. The zero-order valence-electron chi connectivity index (χ0n) is 20.6. The van der Waals surface area contributed by atoms with E-state index in [1.807, 2.05) is 30.3 Å². The maximum atomic E-state index is 12.7. The molecule has 3 atom stereocenters. The van der Waals surface area contributed by atoms with Gasteiger partial charge in [0, 0.05) is 16.6 Å². The predicted octanol–water partition coefficient (Wildman–Crippen LogP) is 3.21. The minimum absolute atomic E-state index is 0.0602. The highest BCUT2D eigenvalue weighted by molar-refractivity contribution is 8.00. The third-order valence-electron chi connectivity index (χ3n) is 7.20. The number of pyridine rings is 1. The Hall–Kier alpha value is -3.83. The first-order chi connectivity index (χ1) is 18.4. The molecule has 6 rings (SSSR count). The first-order valence-electron chi connectivity index (χ1n) is 12.4. The summed E-state index contributed by atoms with van der Waals surface area (Å²) in [5, 5.41) is 7.18. The fraction of sp³-hybridized carbons (Fsp3) is 0.333. The van der Waals surface area contributed by atoms with Gasteiger partial charge in [0.15, 0.2) is 6.04 Å². The van der Waals surface area contributed by atoms with Gasteiger partial charge in [-0.1, -0.05) is 18.2 Å². The first kappa shape index (κ1) is 24.5. The van der Waals surface area contributed by atoms with Gasteiger partial charge in [-0.15, -0.1) is 11.8 Å². The van der Waals surface area contributed by atoms with Crippen molar-refractivity contribution in [2.45, 2.75) is 35.9 Å². The lowest BCUT2D eigenvalue weighted by Crippen LogP contribution is -2.36. The van der Waals surface area contributed by atoms with Gasteiger partial charge in [0.25, 0.3) is 5.56 Å². The van der Waals surface area contributed by atoms with E-state index in [9.17, 15) is 19.2 Å². The van der Waals surface area contributed by atoms with Crippen molar-refractivity contribution < 1.29 is 23.9 Å². The number of thioether (sulfide) groups is 1. The fourth-order valence-electron chi connectivity index (χ4n) is 5.48. The van der Waals surface area contributed by atoms with Crippen LogP contribution < -0.4 is 21.1 Å². The van der Waals surface area contributed by atoms with E-state index in [0.29, 0.717) is 43.1 Å². The predicted molar refractivity (Wildman–Crippen MR) is 143 cm³/mol. The van der Waals surface area contributed by atoms with Gasteiger partial charge in [-0.05, 0) is 54.6 Å². The number of rotatable bonds is 7. The molecule has 0 saturated carbocycles. The molecule has 0 aliphatic carbocycles. The number of ether oxygens (including phenoxy) is 2. The number of nitrogens with one attached hydrogen (secondary N) is 2. The van der Waals surface area contributed by atoms with Gasteiger partial charge in [-0.2, -0.15) is 0 Å². The van der Waals surface area contributed by atoms with Crippen molar-refractivity contribution in [3.05, 3.63) is 64.4 Å². The molecular formula is C27H26N4O6S. The van der Waals surface area contributed by atoms with Crippen LogP contribution in [0.4, 0.5) is 16.2 Å². The number of anilines is 2. The van der Waals surface area contributed by atoms with E-state index in [1.54, 1.807) is 17.0 Å². The number of para-hydroxylation sites is 1. The summed E-state index contributed by atoms with van der Waals surface area (Å²) in [6, 6.07) is 13.4. The van der Waals surface area contributed by atoms with Crippen LogP contribution in [0.15, 0.2) is 58.2 Å². The van der Waals surface area contributed by atoms with Crippen molar-refractivity contribution in [2.24, 2.45) is 0 Å². The van der Waals surface area contributed by atoms with Crippen LogP contribution in [0.5, 0.6) is 0 Å². The molecule has 0 unspecified atom stereocenters. The number of hydrogen-bond donors (Lipinski definition) is 2. The lowest BCUT2D eigenvalue weighted by atomic mass is 10.0. The molecule has 3 aliphatic heterocycles. The first-order valence-corrected chi connectivity index (χ1v) is 13.4. The molecule has 0 spiro atoms. The van der Waals surface area contributed by atoms with E-state index in [0.717, 1.165) is 21.4 Å². The second-order valence-electron chi connectivity index (χ2n) is 9.50. The van der Waals surface area contributed by atoms with Crippen LogP contribution in [0.25, 0.3) is 10.9 Å². The largest absolute Gasteiger partial charge is 0.467 e. The number of aromatic nitrogens is 1. The van der Waals surface area contributed by atoms with Crippen molar-refractivity contribution in [1.29, 1.82) is 0 Å². The van der Waals surface area contributed by atoms with E-state index in [-0.39, 0.29) is 17.6 Å². The Bertz CT molecular complexity index is 1520. The number of fused-ring (bicyclic) bond motifs is 1. The highest BCUT2D eigenvalue weighted by Crippen LogP contribution is 2.40. The SMILES string of the molecule is COC(=O)[C@H]1[C@H](NCCC[C@H]2CN(c3ccc4c(c3)NC(=O)CS4)C(=O)O2)c2cccc3ccc(=O)n1c23. The molecule has 3 aromatic rings. The highest BCUT2D eigenvalue weighted by atomic mass is 32.2. The summed E-state index contributed by atoms with van der Waals surface area (Å²) < 4.78 is 12.2. The summed E-state index contributed by atoms with van der Waals surface area (Å²) in [6.45, 7) is 0.959. The molecular weight excluding hydrogens is 508 g/mol. The second-order valence-corrected chi connectivity index (χ2v) is 10.5. The molecule has 1 aromatic heterocycles. The molecule has 3 aliphatic rings. The maximum absolute atomic E-state index is 12.7. The molecule has 38 heavy (non-hydrogen) atoms. The van der Waals surface area contributed by atoms with Gasteiger partial charge in [-0.25, -0.2) is 9.59 Å².